The molecule has 0 fully saturated rings. The second-order valence-corrected chi connectivity index (χ2v) is 4.84. The van der Waals surface area contributed by atoms with Crippen molar-refractivity contribution in [2.24, 2.45) is 0 Å². The highest BCUT2D eigenvalue weighted by atomic mass is 19.1. The SMILES string of the molecule is CC(C)Nc1ccc(NC(=O)c2ccc(F)cc2)cc1. The summed E-state index contributed by atoms with van der Waals surface area (Å²) in [6, 6.07) is 13.3. The van der Waals surface area contributed by atoms with E-state index in [9.17, 15) is 9.18 Å². The van der Waals surface area contributed by atoms with Crippen molar-refractivity contribution < 1.29 is 9.18 Å². The number of rotatable bonds is 4. The Balaban J connectivity index is 2.02. The lowest BCUT2D eigenvalue weighted by Crippen LogP contribution is -2.12. The summed E-state index contributed by atoms with van der Waals surface area (Å²) in [4.78, 5) is 11.9. The van der Waals surface area contributed by atoms with E-state index in [1.165, 1.54) is 24.3 Å². The lowest BCUT2D eigenvalue weighted by molar-refractivity contribution is 0.102. The normalized spacial score (nSPS) is 10.4. The summed E-state index contributed by atoms with van der Waals surface area (Å²) >= 11 is 0. The standard InChI is InChI=1S/C16H17FN2O/c1-11(2)18-14-7-9-15(10-8-14)19-16(20)12-3-5-13(17)6-4-12/h3-11,18H,1-2H3,(H,19,20). The largest absolute Gasteiger partial charge is 0.383 e. The first-order chi connectivity index (χ1) is 9.54. The van der Waals surface area contributed by atoms with Crippen molar-refractivity contribution in [3.8, 4) is 0 Å². The predicted molar refractivity (Wildman–Crippen MR) is 79.6 cm³/mol. The van der Waals surface area contributed by atoms with E-state index >= 15 is 0 Å². The number of benzene rings is 2. The molecular weight excluding hydrogens is 255 g/mol. The third-order valence-electron chi connectivity index (χ3n) is 2.70. The topological polar surface area (TPSA) is 41.1 Å². The highest BCUT2D eigenvalue weighted by Gasteiger charge is 2.06. The van der Waals surface area contributed by atoms with Gasteiger partial charge in [-0.3, -0.25) is 4.79 Å². The van der Waals surface area contributed by atoms with Gasteiger partial charge in [-0.2, -0.15) is 0 Å². The summed E-state index contributed by atoms with van der Waals surface area (Å²) in [5, 5.41) is 6.04. The molecule has 0 unspecified atom stereocenters. The van der Waals surface area contributed by atoms with Crippen molar-refractivity contribution in [2.45, 2.75) is 19.9 Å². The molecule has 0 bridgehead atoms. The quantitative estimate of drug-likeness (QED) is 0.886. The molecule has 1 amide bonds. The monoisotopic (exact) mass is 272 g/mol. The van der Waals surface area contributed by atoms with Gasteiger partial charge in [-0.1, -0.05) is 0 Å². The number of anilines is 2. The molecule has 3 nitrogen and oxygen atoms in total. The Bertz CT molecular complexity index is 576. The summed E-state index contributed by atoms with van der Waals surface area (Å²) in [5.74, 6) is -0.611. The van der Waals surface area contributed by atoms with E-state index < -0.39 is 0 Å². The Morgan fingerprint density at radius 2 is 1.50 bits per heavy atom. The molecule has 0 radical (unpaired) electrons. The maximum absolute atomic E-state index is 12.8. The molecule has 0 aromatic heterocycles. The van der Waals surface area contributed by atoms with Gasteiger partial charge in [-0.05, 0) is 62.4 Å². The van der Waals surface area contributed by atoms with Crippen molar-refractivity contribution in [2.75, 3.05) is 10.6 Å². The predicted octanol–water partition coefficient (Wildman–Crippen LogP) is 3.90. The Morgan fingerprint density at radius 1 is 0.950 bits per heavy atom. The Morgan fingerprint density at radius 3 is 2.05 bits per heavy atom. The Labute approximate surface area is 117 Å². The summed E-state index contributed by atoms with van der Waals surface area (Å²) in [5.41, 5.74) is 2.13. The van der Waals surface area contributed by atoms with E-state index in [1.54, 1.807) is 0 Å². The third-order valence-corrected chi connectivity index (χ3v) is 2.70. The van der Waals surface area contributed by atoms with E-state index in [1.807, 2.05) is 24.3 Å². The van der Waals surface area contributed by atoms with E-state index in [0.717, 1.165) is 5.69 Å². The van der Waals surface area contributed by atoms with Crippen LogP contribution in [0.2, 0.25) is 0 Å². The highest BCUT2D eigenvalue weighted by molar-refractivity contribution is 6.04. The first kappa shape index (κ1) is 14.1. The van der Waals surface area contributed by atoms with Crippen molar-refractivity contribution in [3.63, 3.8) is 0 Å². The molecule has 2 aromatic carbocycles. The van der Waals surface area contributed by atoms with Gasteiger partial charge in [-0.25, -0.2) is 4.39 Å². The van der Waals surface area contributed by atoms with Gasteiger partial charge >= 0.3 is 0 Å². The van der Waals surface area contributed by atoms with Gasteiger partial charge in [-0.15, -0.1) is 0 Å². The number of amides is 1. The van der Waals surface area contributed by atoms with Crippen molar-refractivity contribution in [1.29, 1.82) is 0 Å². The maximum Gasteiger partial charge on any atom is 0.255 e. The lowest BCUT2D eigenvalue weighted by atomic mass is 10.2. The Kier molecular flexibility index (Phi) is 4.35. The van der Waals surface area contributed by atoms with Crippen molar-refractivity contribution in [1.82, 2.24) is 0 Å². The molecule has 0 saturated heterocycles. The minimum Gasteiger partial charge on any atom is -0.383 e. The smallest absolute Gasteiger partial charge is 0.255 e. The molecule has 0 aliphatic carbocycles. The number of nitrogens with one attached hydrogen (secondary N) is 2. The van der Waals surface area contributed by atoms with E-state index in [4.69, 9.17) is 0 Å². The Hall–Kier alpha value is -2.36. The molecule has 0 spiro atoms. The molecule has 104 valence electrons. The lowest BCUT2D eigenvalue weighted by Gasteiger charge is -2.11. The second kappa shape index (κ2) is 6.19. The summed E-state index contributed by atoms with van der Waals surface area (Å²) < 4.78 is 12.8. The van der Waals surface area contributed by atoms with Crippen molar-refractivity contribution >= 4 is 17.3 Å². The molecule has 0 heterocycles. The van der Waals surface area contributed by atoms with Crippen LogP contribution in [0, 0.1) is 5.82 Å². The molecular formula is C16H17FN2O. The average molecular weight is 272 g/mol. The fraction of sp³-hybridized carbons (Fsp3) is 0.188. The van der Waals surface area contributed by atoms with Gasteiger partial charge in [0.05, 0.1) is 0 Å². The molecule has 2 rings (SSSR count). The van der Waals surface area contributed by atoms with Crippen LogP contribution in [0.15, 0.2) is 48.5 Å². The summed E-state index contributed by atoms with van der Waals surface area (Å²) in [6.45, 7) is 4.12. The van der Waals surface area contributed by atoms with Crippen LogP contribution >= 0.6 is 0 Å². The van der Waals surface area contributed by atoms with E-state index in [0.29, 0.717) is 17.3 Å². The fourth-order valence-corrected chi connectivity index (χ4v) is 1.79. The van der Waals surface area contributed by atoms with Crippen LogP contribution in [0.4, 0.5) is 15.8 Å². The van der Waals surface area contributed by atoms with Gasteiger partial charge in [0.2, 0.25) is 0 Å². The zero-order valence-electron chi connectivity index (χ0n) is 11.5. The first-order valence-corrected chi connectivity index (χ1v) is 6.48. The molecule has 2 aromatic rings. The minimum absolute atomic E-state index is 0.255. The number of carbonyl (C=O) groups is 1. The molecule has 0 aliphatic rings. The number of hydrogen-bond acceptors (Lipinski definition) is 2. The van der Waals surface area contributed by atoms with E-state index in [2.05, 4.69) is 24.5 Å². The van der Waals surface area contributed by atoms with Crippen LogP contribution in [-0.4, -0.2) is 11.9 Å². The van der Waals surface area contributed by atoms with Gasteiger partial charge in [0.1, 0.15) is 5.82 Å². The molecule has 4 heteroatoms. The highest BCUT2D eigenvalue weighted by Crippen LogP contribution is 2.15. The average Bonchev–Trinajstić information content (AvgIpc) is 2.41. The number of hydrogen-bond donors (Lipinski definition) is 2. The molecule has 20 heavy (non-hydrogen) atoms. The second-order valence-electron chi connectivity index (χ2n) is 4.84. The van der Waals surface area contributed by atoms with E-state index in [-0.39, 0.29) is 11.7 Å². The molecule has 2 N–H and O–H groups in total. The molecule has 0 atom stereocenters. The van der Waals surface area contributed by atoms with Gasteiger partial charge in [0.15, 0.2) is 0 Å². The fourth-order valence-electron chi connectivity index (χ4n) is 1.79. The minimum atomic E-state index is -0.356. The number of carbonyl (C=O) groups excluding carboxylic acids is 1. The third kappa shape index (κ3) is 3.82. The van der Waals surface area contributed by atoms with Crippen LogP contribution in [0.5, 0.6) is 0 Å². The van der Waals surface area contributed by atoms with Crippen LogP contribution in [0.3, 0.4) is 0 Å². The summed E-state index contributed by atoms with van der Waals surface area (Å²) in [6.07, 6.45) is 0. The van der Waals surface area contributed by atoms with Crippen LogP contribution in [-0.2, 0) is 0 Å². The zero-order chi connectivity index (χ0) is 14.5. The summed E-state index contributed by atoms with van der Waals surface area (Å²) in [7, 11) is 0. The van der Waals surface area contributed by atoms with Crippen LogP contribution < -0.4 is 10.6 Å². The van der Waals surface area contributed by atoms with Gasteiger partial charge < -0.3 is 10.6 Å². The molecule has 0 aliphatic heterocycles. The number of halogens is 1. The van der Waals surface area contributed by atoms with Gasteiger partial charge in [0, 0.05) is 23.0 Å². The zero-order valence-corrected chi connectivity index (χ0v) is 11.5. The van der Waals surface area contributed by atoms with Gasteiger partial charge in [0.25, 0.3) is 5.91 Å². The van der Waals surface area contributed by atoms with Crippen LogP contribution in [0.25, 0.3) is 0 Å². The van der Waals surface area contributed by atoms with Crippen molar-refractivity contribution in [3.05, 3.63) is 59.9 Å². The van der Waals surface area contributed by atoms with Crippen LogP contribution in [0.1, 0.15) is 24.2 Å². The first-order valence-electron chi connectivity index (χ1n) is 6.48. The maximum atomic E-state index is 12.8. The molecule has 0 saturated carbocycles.